The number of nitrogens with one attached hydrogen (secondary N) is 1. The van der Waals surface area contributed by atoms with E-state index in [2.05, 4.69) is 30.5 Å². The quantitative estimate of drug-likeness (QED) is 0.514. The Balaban J connectivity index is 1.48. The number of rotatable bonds is 2. The lowest BCUT2D eigenvalue weighted by Crippen LogP contribution is -2.38. The number of allylic oxidation sites excluding steroid dienone is 2. The molecule has 5 rings (SSSR count). The first-order chi connectivity index (χ1) is 14.9. The third-order valence-corrected chi connectivity index (χ3v) is 7.58. The van der Waals surface area contributed by atoms with Crippen molar-refractivity contribution in [3.8, 4) is 5.75 Å². The number of hydrogen-bond acceptors (Lipinski definition) is 3. The van der Waals surface area contributed by atoms with Gasteiger partial charge in [0.25, 0.3) is 5.91 Å². The summed E-state index contributed by atoms with van der Waals surface area (Å²) in [6.07, 6.45) is 7.42. The van der Waals surface area contributed by atoms with Crippen LogP contribution < -0.4 is 5.32 Å². The van der Waals surface area contributed by atoms with Gasteiger partial charge in [0.05, 0.1) is 11.1 Å². The van der Waals surface area contributed by atoms with Crippen LogP contribution in [0.15, 0.2) is 42.5 Å². The molecule has 1 aliphatic carbocycles. The zero-order valence-corrected chi connectivity index (χ0v) is 19.0. The van der Waals surface area contributed by atoms with Crippen molar-refractivity contribution in [1.29, 1.82) is 0 Å². The maximum absolute atomic E-state index is 13.1. The summed E-state index contributed by atoms with van der Waals surface area (Å²) in [6.45, 7) is 3.91. The summed E-state index contributed by atoms with van der Waals surface area (Å²) < 4.78 is 0. The lowest BCUT2D eigenvalue weighted by atomic mass is 9.76. The van der Waals surface area contributed by atoms with Gasteiger partial charge in [0.1, 0.15) is 5.75 Å². The van der Waals surface area contributed by atoms with Gasteiger partial charge in [0, 0.05) is 40.8 Å². The van der Waals surface area contributed by atoms with Gasteiger partial charge in [-0.15, -0.1) is 0 Å². The van der Waals surface area contributed by atoms with Crippen LogP contribution in [0.4, 0.5) is 5.69 Å². The molecular formula is C25H26Cl2N2O2. The van der Waals surface area contributed by atoms with Gasteiger partial charge in [-0.3, -0.25) is 4.79 Å². The van der Waals surface area contributed by atoms with E-state index in [9.17, 15) is 9.90 Å². The van der Waals surface area contributed by atoms with Crippen LogP contribution in [-0.2, 0) is 0 Å². The van der Waals surface area contributed by atoms with E-state index >= 15 is 0 Å². The molecule has 2 heterocycles. The summed E-state index contributed by atoms with van der Waals surface area (Å²) in [5.74, 6) is 1.27. The Morgan fingerprint density at radius 1 is 1.13 bits per heavy atom. The van der Waals surface area contributed by atoms with Crippen molar-refractivity contribution in [3.63, 3.8) is 0 Å². The van der Waals surface area contributed by atoms with E-state index in [1.54, 1.807) is 12.1 Å². The number of piperidine rings is 1. The Morgan fingerprint density at radius 3 is 2.68 bits per heavy atom. The van der Waals surface area contributed by atoms with Crippen molar-refractivity contribution < 1.29 is 9.90 Å². The predicted octanol–water partition coefficient (Wildman–Crippen LogP) is 6.40. The number of fused-ring (bicyclic) bond motifs is 3. The molecule has 3 unspecified atom stereocenters. The average Bonchev–Trinajstić information content (AvgIpc) is 3.26. The Hall–Kier alpha value is -2.17. The van der Waals surface area contributed by atoms with Crippen LogP contribution in [0.2, 0.25) is 10.0 Å². The molecule has 0 bridgehead atoms. The maximum Gasteiger partial charge on any atom is 0.253 e. The number of benzene rings is 2. The molecule has 1 amide bonds. The van der Waals surface area contributed by atoms with Crippen molar-refractivity contribution in [2.24, 2.45) is 11.8 Å². The van der Waals surface area contributed by atoms with Gasteiger partial charge < -0.3 is 15.3 Å². The summed E-state index contributed by atoms with van der Waals surface area (Å²) in [7, 11) is 0. The van der Waals surface area contributed by atoms with Crippen LogP contribution in [0.5, 0.6) is 5.75 Å². The largest absolute Gasteiger partial charge is 0.506 e. The van der Waals surface area contributed by atoms with Gasteiger partial charge in [0.15, 0.2) is 0 Å². The SMILES string of the molecule is CC1CCN(C(=O)c2ccc3c(c2)C2C=CCC2C(c2cc(Cl)cc(Cl)c2O)N3)CC1. The van der Waals surface area contributed by atoms with Crippen LogP contribution in [0.25, 0.3) is 0 Å². The van der Waals surface area contributed by atoms with Gasteiger partial charge in [-0.05, 0) is 67.0 Å². The maximum atomic E-state index is 13.1. The molecule has 31 heavy (non-hydrogen) atoms. The molecule has 2 aromatic rings. The van der Waals surface area contributed by atoms with E-state index in [0.29, 0.717) is 16.5 Å². The highest BCUT2D eigenvalue weighted by Crippen LogP contribution is 2.52. The average molecular weight is 457 g/mol. The van der Waals surface area contributed by atoms with E-state index in [1.165, 1.54) is 0 Å². The molecule has 0 spiro atoms. The Bertz CT molecular complexity index is 1060. The first-order valence-corrected chi connectivity index (χ1v) is 11.7. The standard InChI is InChI=1S/C25H26Cl2N2O2/c1-14-7-9-29(10-8-14)25(31)15-5-6-22-19(11-15)17-3-2-4-18(17)23(28-22)20-12-16(26)13-21(27)24(20)30/h2-3,5-6,11-14,17-18,23,28,30H,4,7-10H2,1H3. The number of anilines is 1. The van der Waals surface area contributed by atoms with Crippen LogP contribution in [0.1, 0.15) is 59.6 Å². The summed E-state index contributed by atoms with van der Waals surface area (Å²) in [5, 5.41) is 15.0. The third kappa shape index (κ3) is 3.70. The smallest absolute Gasteiger partial charge is 0.253 e. The Kier molecular flexibility index (Phi) is 5.39. The zero-order valence-electron chi connectivity index (χ0n) is 17.4. The number of phenols is 1. The highest BCUT2D eigenvalue weighted by atomic mass is 35.5. The van der Waals surface area contributed by atoms with Gasteiger partial charge in [-0.2, -0.15) is 0 Å². The molecule has 2 aromatic carbocycles. The zero-order chi connectivity index (χ0) is 21.7. The minimum absolute atomic E-state index is 0.0730. The van der Waals surface area contributed by atoms with Gasteiger partial charge in [-0.25, -0.2) is 0 Å². The fraction of sp³-hybridized carbons (Fsp3) is 0.400. The molecule has 4 nitrogen and oxygen atoms in total. The molecule has 2 aliphatic heterocycles. The fourth-order valence-electron chi connectivity index (χ4n) is 5.25. The summed E-state index contributed by atoms with van der Waals surface area (Å²) in [5.41, 5.74) is 3.58. The number of amides is 1. The number of carbonyl (C=O) groups is 1. The van der Waals surface area contributed by atoms with E-state index < -0.39 is 0 Å². The van der Waals surface area contributed by atoms with Crippen molar-refractivity contribution in [1.82, 2.24) is 4.90 Å². The van der Waals surface area contributed by atoms with Gasteiger partial charge >= 0.3 is 0 Å². The number of hydrogen-bond donors (Lipinski definition) is 2. The number of phenolic OH excluding ortho intramolecular Hbond substituents is 1. The molecule has 1 saturated heterocycles. The molecule has 0 saturated carbocycles. The second kappa shape index (κ2) is 8.07. The molecule has 162 valence electrons. The monoisotopic (exact) mass is 456 g/mol. The Morgan fingerprint density at radius 2 is 1.90 bits per heavy atom. The Labute approximate surface area is 192 Å². The molecule has 0 radical (unpaired) electrons. The molecule has 3 atom stereocenters. The number of carbonyl (C=O) groups excluding carboxylic acids is 1. The minimum Gasteiger partial charge on any atom is -0.506 e. The van der Waals surface area contributed by atoms with Crippen molar-refractivity contribution in [2.45, 2.75) is 38.1 Å². The normalized spacial score (nSPS) is 25.1. The first-order valence-electron chi connectivity index (χ1n) is 11.0. The summed E-state index contributed by atoms with van der Waals surface area (Å²) in [4.78, 5) is 15.1. The lowest BCUT2D eigenvalue weighted by molar-refractivity contribution is 0.0697. The number of likely N-dealkylation sites (tertiary alicyclic amines) is 1. The highest BCUT2D eigenvalue weighted by Gasteiger charge is 2.39. The molecular weight excluding hydrogens is 431 g/mol. The topological polar surface area (TPSA) is 52.6 Å². The van der Waals surface area contributed by atoms with Gasteiger partial charge in [-0.1, -0.05) is 42.3 Å². The van der Waals surface area contributed by atoms with Gasteiger partial charge in [0.2, 0.25) is 0 Å². The fourth-order valence-corrected chi connectivity index (χ4v) is 5.76. The number of nitrogens with zero attached hydrogens (tertiary/aromatic N) is 1. The van der Waals surface area contributed by atoms with Crippen LogP contribution >= 0.6 is 23.2 Å². The second-order valence-electron chi connectivity index (χ2n) is 9.08. The molecule has 3 aliphatic rings. The number of aromatic hydroxyl groups is 1. The van der Waals surface area contributed by atoms with Crippen molar-refractivity contribution in [3.05, 3.63) is 69.2 Å². The van der Waals surface area contributed by atoms with E-state index in [-0.39, 0.29) is 34.6 Å². The molecule has 6 heteroatoms. The van der Waals surface area contributed by atoms with E-state index in [1.807, 2.05) is 17.0 Å². The van der Waals surface area contributed by atoms with Crippen molar-refractivity contribution >= 4 is 34.8 Å². The molecule has 0 aromatic heterocycles. The lowest BCUT2D eigenvalue weighted by Gasteiger charge is -2.38. The van der Waals surface area contributed by atoms with E-state index in [4.69, 9.17) is 23.2 Å². The van der Waals surface area contributed by atoms with Crippen LogP contribution in [0.3, 0.4) is 0 Å². The highest BCUT2D eigenvalue weighted by molar-refractivity contribution is 6.35. The number of halogens is 2. The third-order valence-electron chi connectivity index (χ3n) is 7.07. The summed E-state index contributed by atoms with van der Waals surface area (Å²) in [6, 6.07) is 9.18. The van der Waals surface area contributed by atoms with E-state index in [0.717, 1.165) is 49.2 Å². The summed E-state index contributed by atoms with van der Waals surface area (Å²) >= 11 is 12.4. The minimum atomic E-state index is -0.117. The molecule has 1 fully saturated rings. The molecule has 2 N–H and O–H groups in total. The van der Waals surface area contributed by atoms with Crippen LogP contribution in [0, 0.1) is 11.8 Å². The van der Waals surface area contributed by atoms with Crippen LogP contribution in [-0.4, -0.2) is 29.0 Å². The van der Waals surface area contributed by atoms with Crippen molar-refractivity contribution in [2.75, 3.05) is 18.4 Å². The second-order valence-corrected chi connectivity index (χ2v) is 9.92. The first kappa shape index (κ1) is 20.7. The predicted molar refractivity (Wildman–Crippen MR) is 125 cm³/mol.